The number of benzene rings is 2. The van der Waals surface area contributed by atoms with Gasteiger partial charge in [0.25, 0.3) is 0 Å². The summed E-state index contributed by atoms with van der Waals surface area (Å²) >= 11 is 7.52. The fourth-order valence-corrected chi connectivity index (χ4v) is 4.48. The summed E-state index contributed by atoms with van der Waals surface area (Å²) in [6.45, 7) is 3.43. The Bertz CT molecular complexity index is 1110. The predicted octanol–water partition coefficient (Wildman–Crippen LogP) is 5.95. The van der Waals surface area contributed by atoms with Crippen LogP contribution in [0.1, 0.15) is 22.4 Å². The van der Waals surface area contributed by atoms with E-state index in [1.165, 1.54) is 17.0 Å². The van der Waals surface area contributed by atoms with Gasteiger partial charge < -0.3 is 19.9 Å². The van der Waals surface area contributed by atoms with Crippen molar-refractivity contribution in [2.75, 3.05) is 32.1 Å². The van der Waals surface area contributed by atoms with Crippen LogP contribution >= 0.6 is 22.9 Å². The molecule has 3 amide bonds. The Morgan fingerprint density at radius 2 is 1.74 bits per heavy atom. The van der Waals surface area contributed by atoms with E-state index < -0.39 is 0 Å². The molecule has 0 saturated heterocycles. The Kier molecular flexibility index (Phi) is 10.1. The Hall–Kier alpha value is -2.94. The number of methoxy groups -OCH3 is 1. The van der Waals surface area contributed by atoms with Crippen LogP contribution in [0.25, 0.3) is 0 Å². The second kappa shape index (κ2) is 13.2. The molecule has 3 aromatic rings. The minimum Gasteiger partial charge on any atom is -0.385 e. The average molecular weight is 518 g/mol. The van der Waals surface area contributed by atoms with Gasteiger partial charge in [-0.25, -0.2) is 9.18 Å². The number of amides is 3. The van der Waals surface area contributed by atoms with E-state index in [0.29, 0.717) is 43.4 Å². The molecule has 0 spiro atoms. The van der Waals surface area contributed by atoms with Gasteiger partial charge in [0.15, 0.2) is 0 Å². The minimum absolute atomic E-state index is 0.102. The summed E-state index contributed by atoms with van der Waals surface area (Å²) in [5, 5.41) is 5.38. The van der Waals surface area contributed by atoms with E-state index in [-0.39, 0.29) is 24.3 Å². The third-order valence-electron chi connectivity index (χ3n) is 5.43. The van der Waals surface area contributed by atoms with E-state index in [1.54, 1.807) is 59.7 Å². The molecular formula is C26H29ClFN3O3S. The van der Waals surface area contributed by atoms with Gasteiger partial charge in [0.05, 0.1) is 6.54 Å². The highest BCUT2D eigenvalue weighted by molar-refractivity contribution is 7.10. The first-order chi connectivity index (χ1) is 16.9. The summed E-state index contributed by atoms with van der Waals surface area (Å²) in [5.74, 6) is -0.533. The molecule has 1 N–H and O–H groups in total. The zero-order valence-electron chi connectivity index (χ0n) is 19.8. The monoisotopic (exact) mass is 517 g/mol. The van der Waals surface area contributed by atoms with E-state index in [9.17, 15) is 14.0 Å². The van der Waals surface area contributed by atoms with Crippen LogP contribution in [0.3, 0.4) is 0 Å². The highest BCUT2D eigenvalue weighted by atomic mass is 35.5. The van der Waals surface area contributed by atoms with Crippen molar-refractivity contribution < 1.29 is 18.7 Å². The van der Waals surface area contributed by atoms with E-state index in [4.69, 9.17) is 16.3 Å². The Labute approximate surface area is 214 Å². The first-order valence-electron chi connectivity index (χ1n) is 11.2. The van der Waals surface area contributed by atoms with Gasteiger partial charge in [-0.15, -0.1) is 11.3 Å². The third kappa shape index (κ3) is 8.35. The number of nitrogens with one attached hydrogen (secondary N) is 1. The zero-order valence-corrected chi connectivity index (χ0v) is 21.4. The lowest BCUT2D eigenvalue weighted by atomic mass is 10.2. The normalized spacial score (nSPS) is 10.7. The number of hydrogen-bond donors (Lipinski definition) is 1. The lowest BCUT2D eigenvalue weighted by molar-refractivity contribution is -0.133. The largest absolute Gasteiger partial charge is 0.385 e. The van der Waals surface area contributed by atoms with Crippen molar-refractivity contribution in [3.8, 4) is 0 Å². The molecule has 2 aromatic carbocycles. The van der Waals surface area contributed by atoms with Gasteiger partial charge in [-0.2, -0.15) is 0 Å². The van der Waals surface area contributed by atoms with Gasteiger partial charge in [0.1, 0.15) is 12.4 Å². The molecule has 0 bridgehead atoms. The van der Waals surface area contributed by atoms with Crippen molar-refractivity contribution in [1.82, 2.24) is 9.80 Å². The number of hydrogen-bond acceptors (Lipinski definition) is 4. The van der Waals surface area contributed by atoms with Gasteiger partial charge in [0.2, 0.25) is 5.91 Å². The molecular weight excluding hydrogens is 489 g/mol. The molecule has 3 rings (SSSR count). The second-order valence-corrected chi connectivity index (χ2v) is 9.55. The quantitative estimate of drug-likeness (QED) is 0.320. The molecule has 0 aliphatic heterocycles. The van der Waals surface area contributed by atoms with Gasteiger partial charge in [-0.05, 0) is 72.3 Å². The van der Waals surface area contributed by atoms with E-state index in [0.717, 1.165) is 16.0 Å². The molecule has 35 heavy (non-hydrogen) atoms. The highest BCUT2D eigenvalue weighted by Crippen LogP contribution is 2.20. The first-order valence-corrected chi connectivity index (χ1v) is 12.5. The van der Waals surface area contributed by atoms with Gasteiger partial charge >= 0.3 is 6.03 Å². The summed E-state index contributed by atoms with van der Waals surface area (Å²) in [5.41, 5.74) is 2.50. The first kappa shape index (κ1) is 26.7. The molecule has 0 aliphatic rings. The van der Waals surface area contributed by atoms with Crippen LogP contribution in [0.2, 0.25) is 5.02 Å². The fourth-order valence-electron chi connectivity index (χ4n) is 3.43. The van der Waals surface area contributed by atoms with Gasteiger partial charge in [-0.3, -0.25) is 4.79 Å². The number of urea groups is 1. The Morgan fingerprint density at radius 3 is 2.37 bits per heavy atom. The molecule has 0 aliphatic carbocycles. The number of carbonyl (C=O) groups is 2. The maximum Gasteiger partial charge on any atom is 0.322 e. The third-order valence-corrected chi connectivity index (χ3v) is 6.69. The van der Waals surface area contributed by atoms with E-state index in [2.05, 4.69) is 5.32 Å². The molecule has 0 unspecified atom stereocenters. The van der Waals surface area contributed by atoms with Crippen molar-refractivity contribution in [3.05, 3.63) is 86.8 Å². The number of rotatable bonds is 11. The summed E-state index contributed by atoms with van der Waals surface area (Å²) in [7, 11) is 1.59. The number of aryl methyl sites for hydroxylation is 1. The molecule has 1 aromatic heterocycles. The number of halogens is 2. The van der Waals surface area contributed by atoms with Crippen molar-refractivity contribution in [1.29, 1.82) is 0 Å². The number of ether oxygens (including phenoxy) is 1. The number of carbonyl (C=O) groups excluding carboxylic acids is 2. The van der Waals surface area contributed by atoms with Crippen molar-refractivity contribution in [2.45, 2.75) is 26.4 Å². The zero-order chi connectivity index (χ0) is 25.2. The van der Waals surface area contributed by atoms with Crippen molar-refractivity contribution >= 4 is 40.6 Å². The average Bonchev–Trinajstić information content (AvgIpc) is 3.25. The van der Waals surface area contributed by atoms with Gasteiger partial charge in [-0.1, -0.05) is 23.7 Å². The van der Waals surface area contributed by atoms with Gasteiger partial charge in [0, 0.05) is 42.4 Å². The van der Waals surface area contributed by atoms with Crippen LogP contribution in [0, 0.1) is 12.7 Å². The summed E-state index contributed by atoms with van der Waals surface area (Å²) in [4.78, 5) is 30.8. The molecule has 6 nitrogen and oxygen atoms in total. The van der Waals surface area contributed by atoms with Crippen molar-refractivity contribution in [3.63, 3.8) is 0 Å². The van der Waals surface area contributed by atoms with Crippen LogP contribution in [0.15, 0.2) is 60.0 Å². The van der Waals surface area contributed by atoms with Crippen LogP contribution < -0.4 is 5.32 Å². The van der Waals surface area contributed by atoms with Crippen LogP contribution in [-0.4, -0.2) is 48.5 Å². The van der Waals surface area contributed by atoms with E-state index in [1.807, 2.05) is 18.4 Å². The maximum absolute atomic E-state index is 13.5. The molecule has 0 fully saturated rings. The second-order valence-electron chi connectivity index (χ2n) is 8.11. The standard InChI is InChI=1S/C26H29ClFN3O3S/c1-19-12-15-35-24(19)17-31(16-20-4-8-22(28)9-5-20)25(32)18-30(13-3-14-34-2)26(33)29-23-10-6-21(27)7-11-23/h4-12,15H,3,13-14,16-18H2,1-2H3,(H,29,33). The molecule has 0 saturated carbocycles. The summed E-state index contributed by atoms with van der Waals surface area (Å²) < 4.78 is 18.5. The van der Waals surface area contributed by atoms with Crippen LogP contribution in [0.5, 0.6) is 0 Å². The van der Waals surface area contributed by atoms with Crippen LogP contribution in [0.4, 0.5) is 14.9 Å². The Morgan fingerprint density at radius 1 is 1.03 bits per heavy atom. The summed E-state index contributed by atoms with van der Waals surface area (Å²) in [6, 6.07) is 14.5. The lowest BCUT2D eigenvalue weighted by Crippen LogP contribution is -2.44. The molecule has 9 heteroatoms. The fraction of sp³-hybridized carbons (Fsp3) is 0.308. The number of thiophene rings is 1. The van der Waals surface area contributed by atoms with E-state index >= 15 is 0 Å². The predicted molar refractivity (Wildman–Crippen MR) is 138 cm³/mol. The minimum atomic E-state index is -0.384. The lowest BCUT2D eigenvalue weighted by Gasteiger charge is -2.28. The Balaban J connectivity index is 1.76. The SMILES string of the molecule is COCCCN(CC(=O)N(Cc1ccc(F)cc1)Cc1sccc1C)C(=O)Nc1ccc(Cl)cc1. The highest BCUT2D eigenvalue weighted by Gasteiger charge is 2.23. The molecule has 0 atom stereocenters. The molecule has 1 heterocycles. The number of anilines is 1. The molecule has 186 valence electrons. The number of nitrogens with zero attached hydrogens (tertiary/aromatic N) is 2. The summed E-state index contributed by atoms with van der Waals surface area (Å²) in [6.07, 6.45) is 0.583. The maximum atomic E-state index is 13.5. The van der Waals surface area contributed by atoms with Crippen LogP contribution in [-0.2, 0) is 22.6 Å². The topological polar surface area (TPSA) is 61.9 Å². The smallest absolute Gasteiger partial charge is 0.322 e. The van der Waals surface area contributed by atoms with Crippen molar-refractivity contribution in [2.24, 2.45) is 0 Å². The molecule has 0 radical (unpaired) electrons.